The fraction of sp³-hybridized carbons (Fsp3) is 0.250. The van der Waals surface area contributed by atoms with E-state index >= 15 is 0 Å². The van der Waals surface area contributed by atoms with Crippen LogP contribution in [-0.4, -0.2) is 25.1 Å². The molecule has 0 spiro atoms. The number of anilines is 2. The molecule has 6 heteroatoms. The molecule has 3 rings (SSSR count). The third-order valence-corrected chi connectivity index (χ3v) is 3.89. The number of nitrogens with two attached hydrogens (primary N) is 1. The first-order chi connectivity index (χ1) is 10.6. The zero-order valence-electron chi connectivity index (χ0n) is 12.7. The molecule has 2 N–H and O–H groups in total. The van der Waals surface area contributed by atoms with Gasteiger partial charge in [-0.15, -0.1) is 0 Å². The summed E-state index contributed by atoms with van der Waals surface area (Å²) in [6.07, 6.45) is 1.66. The third kappa shape index (κ3) is 2.04. The van der Waals surface area contributed by atoms with E-state index in [9.17, 15) is 4.79 Å². The number of nitrogen functional groups attached to an aromatic ring is 1. The number of rotatable bonds is 3. The summed E-state index contributed by atoms with van der Waals surface area (Å²) in [5, 5.41) is 0. The molecule has 2 aromatic rings. The monoisotopic (exact) mass is 299 g/mol. The number of benzene rings is 1. The number of ether oxygens (including phenoxy) is 2. The van der Waals surface area contributed by atoms with Crippen molar-refractivity contribution in [3.8, 4) is 11.5 Å². The fourth-order valence-electron chi connectivity index (χ4n) is 2.76. The van der Waals surface area contributed by atoms with Gasteiger partial charge in [0.25, 0.3) is 5.91 Å². The van der Waals surface area contributed by atoms with Gasteiger partial charge in [0.15, 0.2) is 11.5 Å². The molecule has 2 heterocycles. The maximum absolute atomic E-state index is 12.7. The van der Waals surface area contributed by atoms with Gasteiger partial charge in [0.05, 0.1) is 25.8 Å². The molecule has 1 unspecified atom stereocenters. The van der Waals surface area contributed by atoms with Gasteiger partial charge in [0, 0.05) is 23.5 Å². The van der Waals surface area contributed by atoms with Crippen LogP contribution in [0.15, 0.2) is 30.5 Å². The van der Waals surface area contributed by atoms with Crippen LogP contribution in [0.2, 0.25) is 0 Å². The molecule has 0 saturated carbocycles. The topological polar surface area (TPSA) is 77.7 Å². The number of nitrogens with zero attached hydrogens (tertiary/aromatic N) is 2. The zero-order chi connectivity index (χ0) is 15.9. The number of carbonyl (C=O) groups is 1. The molecule has 114 valence electrons. The van der Waals surface area contributed by atoms with Gasteiger partial charge in [0.2, 0.25) is 0 Å². The van der Waals surface area contributed by atoms with Gasteiger partial charge in [-0.25, -0.2) is 4.98 Å². The van der Waals surface area contributed by atoms with E-state index in [1.807, 2.05) is 13.0 Å². The number of pyridine rings is 1. The lowest BCUT2D eigenvalue weighted by Crippen LogP contribution is -2.26. The molecule has 6 nitrogen and oxygen atoms in total. The number of aromatic nitrogens is 1. The summed E-state index contributed by atoms with van der Waals surface area (Å²) in [7, 11) is 3.14. The Balaban J connectivity index is 2.05. The summed E-state index contributed by atoms with van der Waals surface area (Å²) < 4.78 is 10.5. The van der Waals surface area contributed by atoms with Crippen LogP contribution >= 0.6 is 0 Å². The van der Waals surface area contributed by atoms with Gasteiger partial charge < -0.3 is 20.1 Å². The van der Waals surface area contributed by atoms with Crippen molar-refractivity contribution in [2.24, 2.45) is 0 Å². The largest absolute Gasteiger partial charge is 0.493 e. The van der Waals surface area contributed by atoms with Crippen molar-refractivity contribution < 1.29 is 14.3 Å². The van der Waals surface area contributed by atoms with Gasteiger partial charge in [0.1, 0.15) is 5.82 Å². The Bertz CT molecular complexity index is 745. The van der Waals surface area contributed by atoms with Crippen molar-refractivity contribution in [1.82, 2.24) is 4.98 Å². The zero-order valence-corrected chi connectivity index (χ0v) is 12.7. The van der Waals surface area contributed by atoms with Crippen LogP contribution in [0, 0.1) is 0 Å². The van der Waals surface area contributed by atoms with Crippen LogP contribution in [0.3, 0.4) is 0 Å². The minimum atomic E-state index is -0.117. The van der Waals surface area contributed by atoms with E-state index in [1.165, 1.54) is 0 Å². The van der Waals surface area contributed by atoms with Crippen LogP contribution in [0.1, 0.15) is 28.9 Å². The summed E-state index contributed by atoms with van der Waals surface area (Å²) in [6, 6.07) is 6.90. The molecule has 22 heavy (non-hydrogen) atoms. The van der Waals surface area contributed by atoms with E-state index in [4.69, 9.17) is 15.2 Å². The quantitative estimate of drug-likeness (QED) is 0.941. The van der Waals surface area contributed by atoms with E-state index in [0.717, 1.165) is 11.3 Å². The molecule has 1 aromatic heterocycles. The normalized spacial score (nSPS) is 16.6. The number of hydrogen-bond donors (Lipinski definition) is 1. The molecule has 0 saturated heterocycles. The third-order valence-electron chi connectivity index (χ3n) is 3.89. The van der Waals surface area contributed by atoms with E-state index in [-0.39, 0.29) is 11.9 Å². The van der Waals surface area contributed by atoms with Gasteiger partial charge in [-0.05, 0) is 25.1 Å². The highest BCUT2D eigenvalue weighted by Crippen LogP contribution is 2.40. The maximum Gasteiger partial charge on any atom is 0.259 e. The van der Waals surface area contributed by atoms with Crippen molar-refractivity contribution in [1.29, 1.82) is 0 Å². The molecular formula is C16H17N3O3. The van der Waals surface area contributed by atoms with Crippen LogP contribution in [-0.2, 0) is 0 Å². The smallest absolute Gasteiger partial charge is 0.259 e. The predicted octanol–water partition coefficient (Wildman–Crippen LogP) is 2.40. The Labute approximate surface area is 128 Å². The molecule has 0 fully saturated rings. The van der Waals surface area contributed by atoms with Crippen molar-refractivity contribution in [3.63, 3.8) is 0 Å². The first kappa shape index (κ1) is 14.2. The van der Waals surface area contributed by atoms with Crippen molar-refractivity contribution in [2.75, 3.05) is 24.9 Å². The second-order valence-electron chi connectivity index (χ2n) is 5.09. The fourth-order valence-corrected chi connectivity index (χ4v) is 2.76. The van der Waals surface area contributed by atoms with Gasteiger partial charge in [-0.1, -0.05) is 0 Å². The van der Waals surface area contributed by atoms with Crippen molar-refractivity contribution in [3.05, 3.63) is 41.6 Å². The molecule has 1 aliphatic rings. The molecule has 1 aliphatic heterocycles. The first-order valence-electron chi connectivity index (χ1n) is 6.87. The SMILES string of the molecule is COc1ccc(N2C(=O)c3cc(N)ncc3C2C)cc1OC. The summed E-state index contributed by atoms with van der Waals surface area (Å²) in [6.45, 7) is 1.96. The predicted molar refractivity (Wildman–Crippen MR) is 83.4 cm³/mol. The van der Waals surface area contributed by atoms with Crippen LogP contribution < -0.4 is 20.1 Å². The molecule has 1 aromatic carbocycles. The number of hydrogen-bond acceptors (Lipinski definition) is 5. The summed E-state index contributed by atoms with van der Waals surface area (Å²) in [4.78, 5) is 18.5. The summed E-state index contributed by atoms with van der Waals surface area (Å²) in [5.41, 5.74) is 7.89. The van der Waals surface area contributed by atoms with Crippen LogP contribution in [0.4, 0.5) is 11.5 Å². The minimum absolute atomic E-state index is 0.0937. The van der Waals surface area contributed by atoms with E-state index in [2.05, 4.69) is 4.98 Å². The average molecular weight is 299 g/mol. The molecule has 0 aliphatic carbocycles. The van der Waals surface area contributed by atoms with Crippen molar-refractivity contribution in [2.45, 2.75) is 13.0 Å². The highest BCUT2D eigenvalue weighted by Gasteiger charge is 2.35. The lowest BCUT2D eigenvalue weighted by atomic mass is 10.1. The molecule has 0 radical (unpaired) electrons. The Hall–Kier alpha value is -2.76. The van der Waals surface area contributed by atoms with Crippen LogP contribution in [0.5, 0.6) is 11.5 Å². The van der Waals surface area contributed by atoms with Gasteiger partial charge in [-0.2, -0.15) is 0 Å². The van der Waals surface area contributed by atoms with E-state index < -0.39 is 0 Å². The average Bonchev–Trinajstić information content (AvgIpc) is 2.77. The van der Waals surface area contributed by atoms with Crippen LogP contribution in [0.25, 0.3) is 0 Å². The number of fused-ring (bicyclic) bond motifs is 1. The Kier molecular flexibility index (Phi) is 3.36. The van der Waals surface area contributed by atoms with E-state index in [1.54, 1.807) is 43.5 Å². The second-order valence-corrected chi connectivity index (χ2v) is 5.09. The standard InChI is InChI=1S/C16H17N3O3/c1-9-12-8-18-15(17)7-11(12)16(20)19(9)10-4-5-13(21-2)14(6-10)22-3/h4-9H,1-3H3,(H2,17,18). The number of carbonyl (C=O) groups excluding carboxylic acids is 1. The Morgan fingerprint density at radius 2 is 1.91 bits per heavy atom. The van der Waals surface area contributed by atoms with E-state index in [0.29, 0.717) is 22.9 Å². The van der Waals surface area contributed by atoms with Gasteiger partial charge in [-0.3, -0.25) is 4.79 Å². The van der Waals surface area contributed by atoms with Crippen molar-refractivity contribution >= 4 is 17.4 Å². The summed E-state index contributed by atoms with van der Waals surface area (Å²) in [5.74, 6) is 1.44. The van der Waals surface area contributed by atoms with Gasteiger partial charge >= 0.3 is 0 Å². The highest BCUT2D eigenvalue weighted by molar-refractivity contribution is 6.11. The molecular weight excluding hydrogens is 282 g/mol. The maximum atomic E-state index is 12.7. The molecule has 1 amide bonds. The number of amides is 1. The Morgan fingerprint density at radius 1 is 1.18 bits per heavy atom. The first-order valence-corrected chi connectivity index (χ1v) is 6.87. The molecule has 0 bridgehead atoms. The minimum Gasteiger partial charge on any atom is -0.493 e. The lowest BCUT2D eigenvalue weighted by molar-refractivity contribution is 0.0992. The molecule has 1 atom stereocenters. The summed E-state index contributed by atoms with van der Waals surface area (Å²) >= 11 is 0. The lowest BCUT2D eigenvalue weighted by Gasteiger charge is -2.23. The second kappa shape index (κ2) is 5.22. The Morgan fingerprint density at radius 3 is 2.59 bits per heavy atom. The highest BCUT2D eigenvalue weighted by atomic mass is 16.5. The number of methoxy groups -OCH3 is 2.